The fourth-order valence-corrected chi connectivity index (χ4v) is 3.86. The maximum absolute atomic E-state index is 12.9. The number of aryl methyl sites for hydroxylation is 1. The van der Waals surface area contributed by atoms with Crippen molar-refractivity contribution in [1.82, 2.24) is 14.5 Å². The molecule has 0 aliphatic carbocycles. The van der Waals surface area contributed by atoms with Crippen LogP contribution in [0.3, 0.4) is 0 Å². The number of thiazole rings is 1. The van der Waals surface area contributed by atoms with E-state index in [1.54, 1.807) is 34.7 Å². The highest BCUT2D eigenvalue weighted by molar-refractivity contribution is 7.13. The van der Waals surface area contributed by atoms with E-state index in [9.17, 15) is 14.7 Å². The lowest BCUT2D eigenvalue weighted by Gasteiger charge is -2.30. The van der Waals surface area contributed by atoms with Gasteiger partial charge in [-0.05, 0) is 31.9 Å². The van der Waals surface area contributed by atoms with Crippen molar-refractivity contribution >= 4 is 22.4 Å². The van der Waals surface area contributed by atoms with Crippen molar-refractivity contribution in [2.45, 2.75) is 32.4 Å². The Bertz CT molecular complexity index is 816. The van der Waals surface area contributed by atoms with E-state index >= 15 is 0 Å². The number of amides is 1. The van der Waals surface area contributed by atoms with Crippen LogP contribution in [-0.2, 0) is 11.3 Å². The molecule has 1 aliphatic heterocycles. The monoisotopic (exact) mass is 376 g/mol. The lowest BCUT2D eigenvalue weighted by molar-refractivity contribution is -0.150. The first-order valence-corrected chi connectivity index (χ1v) is 9.58. The fraction of sp³-hybridized carbons (Fsp3) is 0.500. The van der Waals surface area contributed by atoms with Crippen LogP contribution in [0.5, 0.6) is 0 Å². The minimum Gasteiger partial charge on any atom is -0.378 e. The predicted molar refractivity (Wildman–Crippen MR) is 102 cm³/mol. The molecule has 0 bridgehead atoms. The van der Waals surface area contributed by atoms with Gasteiger partial charge in [-0.1, -0.05) is 0 Å². The van der Waals surface area contributed by atoms with Crippen LogP contribution in [0.4, 0.5) is 5.13 Å². The summed E-state index contributed by atoms with van der Waals surface area (Å²) in [6.45, 7) is 5.87. The Kier molecular flexibility index (Phi) is 5.43. The zero-order chi connectivity index (χ0) is 18.7. The van der Waals surface area contributed by atoms with Crippen LogP contribution in [0.15, 0.2) is 34.7 Å². The van der Waals surface area contributed by atoms with E-state index in [4.69, 9.17) is 0 Å². The molecular formula is C18H24N4O3S. The summed E-state index contributed by atoms with van der Waals surface area (Å²) < 4.78 is 1.38. The van der Waals surface area contributed by atoms with Crippen molar-refractivity contribution in [1.29, 1.82) is 0 Å². The van der Waals surface area contributed by atoms with Gasteiger partial charge in [0, 0.05) is 50.0 Å². The van der Waals surface area contributed by atoms with Gasteiger partial charge in [-0.15, -0.1) is 11.3 Å². The van der Waals surface area contributed by atoms with Crippen molar-refractivity contribution in [2.24, 2.45) is 0 Å². The van der Waals surface area contributed by atoms with Crippen molar-refractivity contribution in [3.63, 3.8) is 0 Å². The quantitative estimate of drug-likeness (QED) is 0.865. The lowest BCUT2D eigenvalue weighted by Crippen LogP contribution is -2.51. The second-order valence-electron chi connectivity index (χ2n) is 6.89. The number of anilines is 1. The molecule has 3 rings (SSSR count). The van der Waals surface area contributed by atoms with Crippen LogP contribution < -0.4 is 10.5 Å². The van der Waals surface area contributed by atoms with E-state index in [0.717, 1.165) is 23.7 Å². The minimum absolute atomic E-state index is 0.0579. The molecule has 7 nitrogen and oxygen atoms in total. The number of pyridine rings is 1. The van der Waals surface area contributed by atoms with Crippen molar-refractivity contribution in [3.05, 3.63) is 45.8 Å². The summed E-state index contributed by atoms with van der Waals surface area (Å²) in [7, 11) is 0. The molecular weight excluding hydrogens is 352 g/mol. The van der Waals surface area contributed by atoms with E-state index in [1.807, 2.05) is 12.3 Å². The molecule has 3 heterocycles. The van der Waals surface area contributed by atoms with Gasteiger partial charge in [0.15, 0.2) is 10.7 Å². The zero-order valence-corrected chi connectivity index (χ0v) is 15.9. The molecule has 1 atom stereocenters. The normalized spacial score (nSPS) is 17.7. The molecule has 26 heavy (non-hydrogen) atoms. The summed E-state index contributed by atoms with van der Waals surface area (Å²) in [5, 5.41) is 13.6. The molecule has 2 aromatic heterocycles. The van der Waals surface area contributed by atoms with Gasteiger partial charge in [-0.3, -0.25) is 9.59 Å². The van der Waals surface area contributed by atoms with Gasteiger partial charge >= 0.3 is 0 Å². The highest BCUT2D eigenvalue weighted by atomic mass is 32.1. The number of aromatic nitrogens is 2. The first kappa shape index (κ1) is 18.6. The van der Waals surface area contributed by atoms with E-state index < -0.39 is 5.60 Å². The Morgan fingerprint density at radius 1 is 1.35 bits per heavy atom. The number of hydrogen-bond acceptors (Lipinski definition) is 6. The number of carbonyl (C=O) groups excluding carboxylic acids is 1. The number of nitrogens with zero attached hydrogens (tertiary/aromatic N) is 4. The summed E-state index contributed by atoms with van der Waals surface area (Å²) in [5.74, 6) is -0.342. The average molecular weight is 376 g/mol. The van der Waals surface area contributed by atoms with E-state index in [-0.39, 0.29) is 18.0 Å². The minimum atomic E-state index is -1.63. The molecule has 1 N–H and O–H groups in total. The van der Waals surface area contributed by atoms with Crippen molar-refractivity contribution < 1.29 is 9.90 Å². The summed E-state index contributed by atoms with van der Waals surface area (Å²) in [6, 6.07) is 3.29. The van der Waals surface area contributed by atoms with Crippen LogP contribution in [0.1, 0.15) is 18.9 Å². The molecule has 0 radical (unpaired) electrons. The smallest absolute Gasteiger partial charge is 0.256 e. The molecule has 1 saturated heterocycles. The van der Waals surface area contributed by atoms with Crippen molar-refractivity contribution in [3.8, 4) is 0 Å². The maximum atomic E-state index is 12.9. The summed E-state index contributed by atoms with van der Waals surface area (Å²) in [4.78, 5) is 33.1. The maximum Gasteiger partial charge on any atom is 0.256 e. The Morgan fingerprint density at radius 3 is 2.85 bits per heavy atom. The van der Waals surface area contributed by atoms with Gasteiger partial charge in [-0.2, -0.15) is 0 Å². The molecule has 0 spiro atoms. The topological polar surface area (TPSA) is 78.7 Å². The standard InChI is InChI=1S/C18H24N4O3S/c1-14-4-8-22(15(23)12-14)13-18(2,25)16(24)20-6-3-7-21(10-9-20)17-19-5-11-26-17/h4-5,8,11-12,25H,3,6-7,9-10,13H2,1-2H3. The largest absolute Gasteiger partial charge is 0.378 e. The van der Waals surface area contributed by atoms with Crippen molar-refractivity contribution in [2.75, 3.05) is 31.1 Å². The highest BCUT2D eigenvalue weighted by Crippen LogP contribution is 2.20. The van der Waals surface area contributed by atoms with Gasteiger partial charge in [0.25, 0.3) is 11.5 Å². The molecule has 8 heteroatoms. The van der Waals surface area contributed by atoms with Gasteiger partial charge in [0.05, 0.1) is 6.54 Å². The predicted octanol–water partition coefficient (Wildman–Crippen LogP) is 1.10. The SMILES string of the molecule is Cc1ccn(CC(C)(O)C(=O)N2CCCN(c3nccs3)CC2)c(=O)c1. The Balaban J connectivity index is 1.68. The van der Waals surface area contributed by atoms with Gasteiger partial charge in [0.1, 0.15) is 0 Å². The summed E-state index contributed by atoms with van der Waals surface area (Å²) in [6.07, 6.45) is 4.20. The van der Waals surface area contributed by atoms with Crippen LogP contribution in [0.25, 0.3) is 0 Å². The summed E-state index contributed by atoms with van der Waals surface area (Å²) in [5.41, 5.74) is -0.994. The molecule has 2 aromatic rings. The van der Waals surface area contributed by atoms with Gasteiger partial charge in [-0.25, -0.2) is 4.98 Å². The highest BCUT2D eigenvalue weighted by Gasteiger charge is 2.35. The second-order valence-corrected chi connectivity index (χ2v) is 7.76. The van der Waals surface area contributed by atoms with Gasteiger partial charge < -0.3 is 19.5 Å². The zero-order valence-electron chi connectivity index (χ0n) is 15.1. The lowest BCUT2D eigenvalue weighted by atomic mass is 10.0. The van der Waals surface area contributed by atoms with E-state index in [1.165, 1.54) is 17.6 Å². The molecule has 0 saturated carbocycles. The first-order valence-electron chi connectivity index (χ1n) is 8.70. The third kappa shape index (κ3) is 4.13. The average Bonchev–Trinajstić information content (AvgIpc) is 3.01. The third-order valence-electron chi connectivity index (χ3n) is 4.56. The molecule has 1 aliphatic rings. The Labute approximate surface area is 156 Å². The Hall–Kier alpha value is -2.19. The molecule has 0 aromatic carbocycles. The number of aliphatic hydroxyl groups is 1. The molecule has 1 unspecified atom stereocenters. The van der Waals surface area contributed by atoms with Crippen LogP contribution in [0.2, 0.25) is 0 Å². The number of rotatable bonds is 4. The molecule has 1 fully saturated rings. The van der Waals surface area contributed by atoms with Crippen LogP contribution >= 0.6 is 11.3 Å². The second kappa shape index (κ2) is 7.59. The number of carbonyl (C=O) groups is 1. The van der Waals surface area contributed by atoms with E-state index in [2.05, 4.69) is 9.88 Å². The van der Waals surface area contributed by atoms with Gasteiger partial charge in [0.2, 0.25) is 0 Å². The fourth-order valence-electron chi connectivity index (χ4n) is 3.16. The molecule has 1 amide bonds. The van der Waals surface area contributed by atoms with Crippen LogP contribution in [0, 0.1) is 6.92 Å². The Morgan fingerprint density at radius 2 is 2.15 bits per heavy atom. The molecule has 140 valence electrons. The van der Waals surface area contributed by atoms with Crippen LogP contribution in [-0.4, -0.2) is 57.2 Å². The summed E-state index contributed by atoms with van der Waals surface area (Å²) >= 11 is 1.58. The number of hydrogen-bond donors (Lipinski definition) is 1. The third-order valence-corrected chi connectivity index (χ3v) is 5.40. The first-order chi connectivity index (χ1) is 12.4. The van der Waals surface area contributed by atoms with E-state index in [0.29, 0.717) is 19.6 Å².